The smallest absolute Gasteiger partial charge is 0.374 e. The maximum atomic E-state index is 15.2. The van der Waals surface area contributed by atoms with Crippen molar-refractivity contribution in [2.45, 2.75) is 18.8 Å². The number of H-pyrrole nitrogens is 1. The SMILES string of the molecule is CN(C)c1c(F)c(C(F)(F)F)c(-c2cn3cc(NC(=O)C4CC4F)nc3cn2)c2cn[nH]c12. The van der Waals surface area contributed by atoms with E-state index in [1.54, 1.807) is 0 Å². The Morgan fingerprint density at radius 2 is 2.00 bits per heavy atom. The molecule has 0 aliphatic heterocycles. The lowest BCUT2D eigenvalue weighted by Crippen LogP contribution is -2.18. The van der Waals surface area contributed by atoms with Crippen LogP contribution in [0.15, 0.2) is 24.8 Å². The van der Waals surface area contributed by atoms with Crippen molar-refractivity contribution in [3.05, 3.63) is 36.2 Å². The summed E-state index contributed by atoms with van der Waals surface area (Å²) >= 11 is 0. The third-order valence-electron chi connectivity index (χ3n) is 5.45. The Bertz CT molecular complexity index is 1410. The number of imidazole rings is 1. The summed E-state index contributed by atoms with van der Waals surface area (Å²) in [4.78, 5) is 21.4. The minimum absolute atomic E-state index is 0.0376. The number of carbonyl (C=O) groups excluding carboxylic acids is 1. The fourth-order valence-electron chi connectivity index (χ4n) is 3.82. The average Bonchev–Trinajstić information content (AvgIpc) is 3.10. The molecule has 2 N–H and O–H groups in total. The lowest BCUT2D eigenvalue weighted by atomic mass is 9.97. The highest BCUT2D eigenvalue weighted by Crippen LogP contribution is 2.46. The lowest BCUT2D eigenvalue weighted by molar-refractivity contribution is -0.139. The fourth-order valence-corrected chi connectivity index (χ4v) is 3.82. The summed E-state index contributed by atoms with van der Waals surface area (Å²) in [6, 6.07) is 0. The van der Waals surface area contributed by atoms with E-state index in [1.165, 1.54) is 48.2 Å². The van der Waals surface area contributed by atoms with Crippen LogP contribution in [-0.4, -0.2) is 50.7 Å². The maximum Gasteiger partial charge on any atom is 0.419 e. The lowest BCUT2D eigenvalue weighted by Gasteiger charge is -2.21. The number of nitrogens with zero attached hydrogens (tertiary/aromatic N) is 5. The van der Waals surface area contributed by atoms with Gasteiger partial charge in [-0.15, -0.1) is 0 Å². The number of nitrogens with one attached hydrogen (secondary N) is 2. The molecule has 1 fully saturated rings. The van der Waals surface area contributed by atoms with Crippen LogP contribution in [0.3, 0.4) is 0 Å². The van der Waals surface area contributed by atoms with Crippen LogP contribution in [0.2, 0.25) is 0 Å². The number of halogens is 5. The van der Waals surface area contributed by atoms with Crippen molar-refractivity contribution >= 4 is 34.0 Å². The minimum atomic E-state index is -5.02. The van der Waals surface area contributed by atoms with E-state index in [0.717, 1.165) is 0 Å². The van der Waals surface area contributed by atoms with Gasteiger partial charge in [0.15, 0.2) is 17.3 Å². The molecule has 33 heavy (non-hydrogen) atoms. The van der Waals surface area contributed by atoms with Crippen LogP contribution in [0.5, 0.6) is 0 Å². The van der Waals surface area contributed by atoms with E-state index in [-0.39, 0.29) is 40.2 Å². The number of fused-ring (bicyclic) bond motifs is 2. The molecule has 0 spiro atoms. The number of rotatable bonds is 4. The Labute approximate surface area is 182 Å². The molecule has 2 unspecified atom stereocenters. The van der Waals surface area contributed by atoms with Gasteiger partial charge in [-0.25, -0.2) is 13.8 Å². The second kappa shape index (κ2) is 7.12. The van der Waals surface area contributed by atoms with Crippen molar-refractivity contribution in [3.63, 3.8) is 0 Å². The molecule has 1 aliphatic rings. The summed E-state index contributed by atoms with van der Waals surface area (Å²) in [5.41, 5.74) is -2.09. The first-order valence-electron chi connectivity index (χ1n) is 9.79. The van der Waals surface area contributed by atoms with Crippen molar-refractivity contribution in [2.24, 2.45) is 5.92 Å². The Hall–Kier alpha value is -3.77. The van der Waals surface area contributed by atoms with Crippen molar-refractivity contribution in [1.29, 1.82) is 0 Å². The molecule has 1 aromatic carbocycles. The minimum Gasteiger partial charge on any atom is -0.374 e. The molecule has 1 amide bonds. The molecule has 2 atom stereocenters. The monoisotopic (exact) mass is 465 g/mol. The molecule has 3 heterocycles. The number of carbonyl (C=O) groups is 1. The van der Waals surface area contributed by atoms with Gasteiger partial charge in [-0.2, -0.15) is 18.3 Å². The highest BCUT2D eigenvalue weighted by Gasteiger charge is 2.44. The summed E-state index contributed by atoms with van der Waals surface area (Å²) in [6.45, 7) is 0. The van der Waals surface area contributed by atoms with Gasteiger partial charge in [0.05, 0.1) is 41.4 Å². The molecule has 0 bridgehead atoms. The van der Waals surface area contributed by atoms with E-state index >= 15 is 4.39 Å². The molecule has 3 aromatic heterocycles. The molecule has 8 nitrogen and oxygen atoms in total. The predicted molar refractivity (Wildman–Crippen MR) is 109 cm³/mol. The zero-order valence-electron chi connectivity index (χ0n) is 17.2. The van der Waals surface area contributed by atoms with Gasteiger partial charge in [-0.05, 0) is 6.42 Å². The molecule has 0 radical (unpaired) electrons. The van der Waals surface area contributed by atoms with E-state index in [0.29, 0.717) is 0 Å². The van der Waals surface area contributed by atoms with E-state index in [4.69, 9.17) is 0 Å². The second-order valence-electron chi connectivity index (χ2n) is 7.98. The van der Waals surface area contributed by atoms with Gasteiger partial charge >= 0.3 is 6.18 Å². The van der Waals surface area contributed by atoms with E-state index in [9.17, 15) is 22.4 Å². The van der Waals surface area contributed by atoms with Crippen LogP contribution in [0.4, 0.5) is 33.5 Å². The number of anilines is 2. The zero-order chi connectivity index (χ0) is 23.7. The van der Waals surface area contributed by atoms with Crippen LogP contribution in [0.25, 0.3) is 27.8 Å². The van der Waals surface area contributed by atoms with Crippen LogP contribution in [-0.2, 0) is 11.0 Å². The largest absolute Gasteiger partial charge is 0.419 e. The van der Waals surface area contributed by atoms with Crippen LogP contribution in [0, 0.1) is 11.7 Å². The molecule has 13 heteroatoms. The molecular weight excluding hydrogens is 449 g/mol. The van der Waals surface area contributed by atoms with Crippen molar-refractivity contribution in [2.75, 3.05) is 24.3 Å². The van der Waals surface area contributed by atoms with E-state index < -0.39 is 41.1 Å². The third kappa shape index (κ3) is 3.43. The van der Waals surface area contributed by atoms with Crippen LogP contribution in [0.1, 0.15) is 12.0 Å². The molecular formula is C20H16F5N7O. The van der Waals surface area contributed by atoms with Gasteiger partial charge < -0.3 is 14.6 Å². The van der Waals surface area contributed by atoms with Gasteiger partial charge in [0.1, 0.15) is 11.7 Å². The number of aromatic amines is 1. The van der Waals surface area contributed by atoms with Gasteiger partial charge in [0, 0.05) is 31.2 Å². The van der Waals surface area contributed by atoms with Gasteiger partial charge in [0.2, 0.25) is 5.91 Å². The van der Waals surface area contributed by atoms with Crippen molar-refractivity contribution in [1.82, 2.24) is 24.6 Å². The summed E-state index contributed by atoms with van der Waals surface area (Å²) in [7, 11) is 2.85. The maximum absolute atomic E-state index is 15.2. The molecule has 1 saturated carbocycles. The Balaban J connectivity index is 1.67. The van der Waals surface area contributed by atoms with E-state index in [1.807, 2.05) is 0 Å². The summed E-state index contributed by atoms with van der Waals surface area (Å²) in [6.07, 6.45) is -1.08. The first kappa shape index (κ1) is 21.1. The number of amides is 1. The molecule has 1 aliphatic carbocycles. The number of benzene rings is 1. The summed E-state index contributed by atoms with van der Waals surface area (Å²) < 4.78 is 71.8. The van der Waals surface area contributed by atoms with Gasteiger partial charge in [-0.1, -0.05) is 0 Å². The highest BCUT2D eigenvalue weighted by molar-refractivity contribution is 6.02. The molecule has 5 rings (SSSR count). The highest BCUT2D eigenvalue weighted by atomic mass is 19.4. The average molecular weight is 465 g/mol. The van der Waals surface area contributed by atoms with E-state index in [2.05, 4.69) is 25.5 Å². The topological polar surface area (TPSA) is 91.2 Å². The zero-order valence-corrected chi connectivity index (χ0v) is 17.2. The Morgan fingerprint density at radius 1 is 1.27 bits per heavy atom. The van der Waals surface area contributed by atoms with Crippen LogP contribution < -0.4 is 10.2 Å². The van der Waals surface area contributed by atoms with Gasteiger partial charge in [0.25, 0.3) is 0 Å². The summed E-state index contributed by atoms with van der Waals surface area (Å²) in [5.74, 6) is -2.62. The van der Waals surface area contributed by atoms with Crippen LogP contribution >= 0.6 is 0 Å². The standard InChI is InChI=1S/C20H16F5N7O/c1-31(2)18-16(22)15(20(23,24)25)14(9-4-27-30-17(9)18)11-6-32-7-12(28-13(32)5-26-11)29-19(33)8-3-10(8)21/h4-8,10H,3H2,1-2H3,(H,27,30)(H,29,33). The third-order valence-corrected chi connectivity index (χ3v) is 5.45. The second-order valence-corrected chi connectivity index (χ2v) is 7.98. The first-order valence-corrected chi connectivity index (χ1v) is 9.79. The molecule has 0 saturated heterocycles. The number of alkyl halides is 4. The summed E-state index contributed by atoms with van der Waals surface area (Å²) in [5, 5.41) is 8.88. The predicted octanol–water partition coefficient (Wildman–Crippen LogP) is 3.79. The van der Waals surface area contributed by atoms with Crippen molar-refractivity contribution < 1.29 is 26.7 Å². The number of hydrogen-bond acceptors (Lipinski definition) is 5. The molecule has 172 valence electrons. The quantitative estimate of drug-likeness (QED) is 0.448. The van der Waals surface area contributed by atoms with Crippen molar-refractivity contribution in [3.8, 4) is 11.3 Å². The first-order chi connectivity index (χ1) is 15.6. The number of hydrogen-bond donors (Lipinski definition) is 2. The fraction of sp³-hybridized carbons (Fsp3) is 0.300. The number of aromatic nitrogens is 5. The Kier molecular flexibility index (Phi) is 4.55. The Morgan fingerprint density at radius 3 is 2.64 bits per heavy atom. The molecule has 4 aromatic rings. The normalized spacial score (nSPS) is 18.2. The van der Waals surface area contributed by atoms with Gasteiger partial charge in [-0.3, -0.25) is 14.9 Å².